The molecule has 1 fully saturated rings. The van der Waals surface area contributed by atoms with Crippen LogP contribution >= 0.6 is 0 Å². The normalized spacial score (nSPS) is 19.8. The van der Waals surface area contributed by atoms with E-state index in [1.165, 1.54) is 50.5 Å². The van der Waals surface area contributed by atoms with Crippen LogP contribution in [-0.2, 0) is 5.41 Å². The standard InChI is InChI=1S/C18H29N/c1-15(2)9-8-12-17(19)18(13-6-7-14-18)16-10-4-3-5-11-16/h3-5,10-11,15,17H,6-9,12-14,19H2,1-2H3. The van der Waals surface area contributed by atoms with Crippen LogP contribution in [0.5, 0.6) is 0 Å². The van der Waals surface area contributed by atoms with Crippen molar-refractivity contribution in [2.24, 2.45) is 11.7 Å². The van der Waals surface area contributed by atoms with E-state index in [0.717, 1.165) is 5.92 Å². The van der Waals surface area contributed by atoms with Crippen molar-refractivity contribution in [2.75, 3.05) is 0 Å². The van der Waals surface area contributed by atoms with E-state index in [1.807, 2.05) is 0 Å². The summed E-state index contributed by atoms with van der Waals surface area (Å²) in [6, 6.07) is 11.3. The Labute approximate surface area is 118 Å². The van der Waals surface area contributed by atoms with Gasteiger partial charge in [0, 0.05) is 11.5 Å². The second-order valence-electron chi connectivity index (χ2n) is 6.66. The van der Waals surface area contributed by atoms with Crippen molar-refractivity contribution < 1.29 is 0 Å². The number of benzene rings is 1. The molecule has 0 saturated heterocycles. The highest BCUT2D eigenvalue weighted by atomic mass is 14.7. The van der Waals surface area contributed by atoms with Crippen molar-refractivity contribution in [3.63, 3.8) is 0 Å². The molecule has 0 heterocycles. The third kappa shape index (κ3) is 3.39. The van der Waals surface area contributed by atoms with Gasteiger partial charge in [0.05, 0.1) is 0 Å². The van der Waals surface area contributed by atoms with E-state index in [-0.39, 0.29) is 5.41 Å². The average molecular weight is 259 g/mol. The highest BCUT2D eigenvalue weighted by Crippen LogP contribution is 2.44. The number of hydrogen-bond acceptors (Lipinski definition) is 1. The van der Waals surface area contributed by atoms with Gasteiger partial charge in [-0.15, -0.1) is 0 Å². The lowest BCUT2D eigenvalue weighted by Gasteiger charge is -2.36. The van der Waals surface area contributed by atoms with Gasteiger partial charge in [-0.1, -0.05) is 69.9 Å². The summed E-state index contributed by atoms with van der Waals surface area (Å²) in [6.07, 6.45) is 8.98. The lowest BCUT2D eigenvalue weighted by atomic mass is 9.71. The van der Waals surface area contributed by atoms with E-state index < -0.39 is 0 Å². The smallest absolute Gasteiger partial charge is 0.0136 e. The summed E-state index contributed by atoms with van der Waals surface area (Å²) in [5, 5.41) is 0. The fourth-order valence-corrected chi connectivity index (χ4v) is 3.67. The van der Waals surface area contributed by atoms with Crippen LogP contribution in [0.3, 0.4) is 0 Å². The third-order valence-electron chi connectivity index (χ3n) is 4.85. The van der Waals surface area contributed by atoms with E-state index >= 15 is 0 Å². The molecule has 1 aromatic rings. The van der Waals surface area contributed by atoms with E-state index in [9.17, 15) is 0 Å². The Bertz CT molecular complexity index is 363. The highest BCUT2D eigenvalue weighted by molar-refractivity contribution is 5.29. The molecule has 1 atom stereocenters. The maximum absolute atomic E-state index is 6.63. The summed E-state index contributed by atoms with van der Waals surface area (Å²) < 4.78 is 0. The molecule has 0 aliphatic heterocycles. The molecule has 1 saturated carbocycles. The fraction of sp³-hybridized carbons (Fsp3) is 0.667. The minimum Gasteiger partial charge on any atom is -0.327 e. The Balaban J connectivity index is 2.07. The Morgan fingerprint density at radius 2 is 1.68 bits per heavy atom. The summed E-state index contributed by atoms with van der Waals surface area (Å²) in [5.41, 5.74) is 8.37. The molecule has 0 radical (unpaired) electrons. The van der Waals surface area contributed by atoms with Crippen LogP contribution in [0, 0.1) is 5.92 Å². The van der Waals surface area contributed by atoms with Crippen LogP contribution in [0.25, 0.3) is 0 Å². The monoisotopic (exact) mass is 259 g/mol. The second-order valence-corrected chi connectivity index (χ2v) is 6.66. The van der Waals surface area contributed by atoms with E-state index in [4.69, 9.17) is 5.73 Å². The molecule has 1 heteroatoms. The zero-order valence-corrected chi connectivity index (χ0v) is 12.6. The van der Waals surface area contributed by atoms with Crippen molar-refractivity contribution in [3.8, 4) is 0 Å². The number of nitrogens with two attached hydrogens (primary N) is 1. The van der Waals surface area contributed by atoms with Crippen LogP contribution in [0.2, 0.25) is 0 Å². The maximum atomic E-state index is 6.63. The molecule has 0 bridgehead atoms. The van der Waals surface area contributed by atoms with E-state index in [0.29, 0.717) is 6.04 Å². The molecular weight excluding hydrogens is 230 g/mol. The molecule has 0 amide bonds. The largest absolute Gasteiger partial charge is 0.327 e. The zero-order chi connectivity index (χ0) is 13.7. The van der Waals surface area contributed by atoms with Gasteiger partial charge in [0.25, 0.3) is 0 Å². The first-order valence-electron chi connectivity index (χ1n) is 7.96. The Kier molecular flexibility index (Phi) is 5.04. The van der Waals surface area contributed by atoms with Gasteiger partial charge < -0.3 is 5.73 Å². The highest BCUT2D eigenvalue weighted by Gasteiger charge is 2.40. The lowest BCUT2D eigenvalue weighted by molar-refractivity contribution is 0.321. The predicted molar refractivity (Wildman–Crippen MR) is 83.3 cm³/mol. The minimum absolute atomic E-state index is 0.262. The Hall–Kier alpha value is -0.820. The Morgan fingerprint density at radius 1 is 1.05 bits per heavy atom. The molecule has 1 aromatic carbocycles. The van der Waals surface area contributed by atoms with Crippen LogP contribution < -0.4 is 5.73 Å². The third-order valence-corrected chi connectivity index (χ3v) is 4.85. The summed E-state index contributed by atoms with van der Waals surface area (Å²) in [5.74, 6) is 0.795. The molecule has 1 aliphatic carbocycles. The summed E-state index contributed by atoms with van der Waals surface area (Å²) in [4.78, 5) is 0. The average Bonchev–Trinajstić information content (AvgIpc) is 2.90. The first kappa shape index (κ1) is 14.6. The Morgan fingerprint density at radius 3 is 2.26 bits per heavy atom. The van der Waals surface area contributed by atoms with Crippen LogP contribution in [0.4, 0.5) is 0 Å². The van der Waals surface area contributed by atoms with Crippen LogP contribution in [0.15, 0.2) is 30.3 Å². The number of rotatable bonds is 6. The summed E-state index contributed by atoms with van der Waals surface area (Å²) >= 11 is 0. The van der Waals surface area contributed by atoms with Gasteiger partial charge in [0.2, 0.25) is 0 Å². The minimum atomic E-state index is 0.262. The maximum Gasteiger partial charge on any atom is 0.0136 e. The van der Waals surface area contributed by atoms with Gasteiger partial charge in [-0.25, -0.2) is 0 Å². The zero-order valence-electron chi connectivity index (χ0n) is 12.6. The van der Waals surface area contributed by atoms with Crippen LogP contribution in [-0.4, -0.2) is 6.04 Å². The summed E-state index contributed by atoms with van der Waals surface area (Å²) in [6.45, 7) is 4.60. The van der Waals surface area contributed by atoms with Gasteiger partial charge in [-0.3, -0.25) is 0 Å². The first-order valence-corrected chi connectivity index (χ1v) is 7.96. The molecule has 0 aromatic heterocycles. The quantitative estimate of drug-likeness (QED) is 0.790. The van der Waals surface area contributed by atoms with Crippen molar-refractivity contribution in [3.05, 3.63) is 35.9 Å². The van der Waals surface area contributed by atoms with Crippen molar-refractivity contribution in [2.45, 2.75) is 70.3 Å². The molecule has 19 heavy (non-hydrogen) atoms. The molecule has 2 rings (SSSR count). The van der Waals surface area contributed by atoms with Gasteiger partial charge in [0.1, 0.15) is 0 Å². The molecule has 2 N–H and O–H groups in total. The van der Waals surface area contributed by atoms with Gasteiger partial charge in [-0.05, 0) is 30.7 Å². The molecule has 1 nitrogen and oxygen atoms in total. The second kappa shape index (κ2) is 6.56. The SMILES string of the molecule is CC(C)CCCC(N)C1(c2ccccc2)CCCC1. The molecule has 1 aliphatic rings. The van der Waals surface area contributed by atoms with Gasteiger partial charge in [0.15, 0.2) is 0 Å². The van der Waals surface area contributed by atoms with Gasteiger partial charge >= 0.3 is 0 Å². The lowest BCUT2D eigenvalue weighted by Crippen LogP contribution is -2.43. The molecular formula is C18H29N. The van der Waals surface area contributed by atoms with E-state index in [2.05, 4.69) is 44.2 Å². The van der Waals surface area contributed by atoms with Gasteiger partial charge in [-0.2, -0.15) is 0 Å². The van der Waals surface area contributed by atoms with Crippen molar-refractivity contribution >= 4 is 0 Å². The van der Waals surface area contributed by atoms with Crippen molar-refractivity contribution in [1.29, 1.82) is 0 Å². The topological polar surface area (TPSA) is 26.0 Å². The van der Waals surface area contributed by atoms with Crippen LogP contribution in [0.1, 0.15) is 64.4 Å². The van der Waals surface area contributed by atoms with E-state index in [1.54, 1.807) is 0 Å². The summed E-state index contributed by atoms with van der Waals surface area (Å²) in [7, 11) is 0. The first-order chi connectivity index (χ1) is 9.15. The number of hydrogen-bond donors (Lipinski definition) is 1. The molecule has 106 valence electrons. The fourth-order valence-electron chi connectivity index (χ4n) is 3.67. The molecule has 0 spiro atoms. The predicted octanol–water partition coefficient (Wildman–Crippen LogP) is 4.65. The van der Waals surface area contributed by atoms with Crippen molar-refractivity contribution in [1.82, 2.24) is 0 Å². The molecule has 1 unspecified atom stereocenters.